The second-order valence-corrected chi connectivity index (χ2v) is 9.60. The van der Waals surface area contributed by atoms with E-state index in [1.165, 1.54) is 4.90 Å². The van der Waals surface area contributed by atoms with Crippen LogP contribution in [0.1, 0.15) is 16.7 Å². The van der Waals surface area contributed by atoms with Crippen LogP contribution in [0.25, 0.3) is 0 Å². The van der Waals surface area contributed by atoms with Gasteiger partial charge in [-0.05, 0) is 41.0 Å². The van der Waals surface area contributed by atoms with Crippen LogP contribution >= 0.6 is 23.2 Å². The normalized spacial score (nSPS) is 16.7. The summed E-state index contributed by atoms with van der Waals surface area (Å²) >= 11 is 11.9. The van der Waals surface area contributed by atoms with Crippen LogP contribution in [0, 0.1) is 5.92 Å². The summed E-state index contributed by atoms with van der Waals surface area (Å²) in [4.78, 5) is 43.4. The molecular weight excluding hydrogens is 483 g/mol. The highest BCUT2D eigenvalue weighted by Gasteiger charge is 2.37. The maximum Gasteiger partial charge on any atom is 0.241 e. The Morgan fingerprint density at radius 1 is 0.743 bits per heavy atom. The zero-order valence-electron chi connectivity index (χ0n) is 19.2. The first kappa shape index (κ1) is 25.1. The van der Waals surface area contributed by atoms with Gasteiger partial charge in [0.15, 0.2) is 5.78 Å². The molecule has 7 heteroatoms. The second kappa shape index (κ2) is 11.6. The Morgan fingerprint density at radius 2 is 1.31 bits per heavy atom. The Bertz CT molecular complexity index is 1180. The number of benzene rings is 3. The Kier molecular flexibility index (Phi) is 8.34. The smallest absolute Gasteiger partial charge is 0.241 e. The van der Waals surface area contributed by atoms with Crippen LogP contribution in [0.15, 0.2) is 78.9 Å². The lowest BCUT2D eigenvalue weighted by molar-refractivity contribution is -0.148. The molecule has 3 aromatic carbocycles. The van der Waals surface area contributed by atoms with Crippen LogP contribution in [0.5, 0.6) is 0 Å². The van der Waals surface area contributed by atoms with E-state index < -0.39 is 11.8 Å². The van der Waals surface area contributed by atoms with Gasteiger partial charge in [0.2, 0.25) is 11.8 Å². The van der Waals surface area contributed by atoms with Gasteiger partial charge in [-0.1, -0.05) is 77.8 Å². The van der Waals surface area contributed by atoms with E-state index in [9.17, 15) is 14.4 Å². The van der Waals surface area contributed by atoms with Crippen LogP contribution in [-0.4, -0.2) is 47.0 Å². The van der Waals surface area contributed by atoms with Crippen LogP contribution in [0.4, 0.5) is 0 Å². The summed E-state index contributed by atoms with van der Waals surface area (Å²) in [7, 11) is 0. The lowest BCUT2D eigenvalue weighted by Crippen LogP contribution is -2.44. The summed E-state index contributed by atoms with van der Waals surface area (Å²) in [5, 5.41) is 1.16. The molecule has 0 unspecified atom stereocenters. The van der Waals surface area contributed by atoms with E-state index in [0.29, 0.717) is 23.1 Å². The van der Waals surface area contributed by atoms with Crippen molar-refractivity contribution in [3.63, 3.8) is 0 Å². The number of amides is 2. The quantitative estimate of drug-likeness (QED) is 0.428. The summed E-state index contributed by atoms with van der Waals surface area (Å²) in [6.07, 6.45) is 0.172. The highest BCUT2D eigenvalue weighted by Crippen LogP contribution is 2.20. The average molecular weight is 509 g/mol. The molecule has 180 valence electrons. The molecule has 1 atom stereocenters. The van der Waals surface area contributed by atoms with Gasteiger partial charge in [0.25, 0.3) is 0 Å². The summed E-state index contributed by atoms with van der Waals surface area (Å²) < 4.78 is 0. The molecule has 5 nitrogen and oxygen atoms in total. The molecule has 1 saturated heterocycles. The van der Waals surface area contributed by atoms with Crippen molar-refractivity contribution >= 4 is 40.8 Å². The number of carbonyl (C=O) groups is 3. The maximum absolute atomic E-state index is 13.5. The molecule has 0 aliphatic carbocycles. The largest absolute Gasteiger partial charge is 0.298 e. The number of ketones is 1. The van der Waals surface area contributed by atoms with Crippen molar-refractivity contribution < 1.29 is 14.4 Å². The van der Waals surface area contributed by atoms with E-state index in [1.807, 2.05) is 30.3 Å². The minimum atomic E-state index is -0.925. The average Bonchev–Trinajstić information content (AvgIpc) is 3.01. The molecule has 35 heavy (non-hydrogen) atoms. The molecule has 0 aromatic heterocycles. The number of carbonyl (C=O) groups excluding carboxylic acids is 3. The number of rotatable bonds is 7. The predicted molar refractivity (Wildman–Crippen MR) is 137 cm³/mol. The molecule has 4 rings (SSSR count). The predicted octanol–water partition coefficient (Wildman–Crippen LogP) is 4.83. The van der Waals surface area contributed by atoms with Crippen molar-refractivity contribution in [3.05, 3.63) is 106 Å². The van der Waals surface area contributed by atoms with Crippen molar-refractivity contribution in [2.75, 3.05) is 19.6 Å². The minimum Gasteiger partial charge on any atom is -0.298 e. The minimum absolute atomic E-state index is 0.0691. The first-order valence-corrected chi connectivity index (χ1v) is 12.3. The Labute approximate surface area is 215 Å². The van der Waals surface area contributed by atoms with Gasteiger partial charge in [-0.15, -0.1) is 0 Å². The van der Waals surface area contributed by atoms with E-state index in [4.69, 9.17) is 23.2 Å². The molecule has 0 N–H and O–H groups in total. The molecule has 1 fully saturated rings. The van der Waals surface area contributed by atoms with Crippen molar-refractivity contribution in [3.8, 4) is 0 Å². The Balaban J connectivity index is 1.55. The van der Waals surface area contributed by atoms with Crippen molar-refractivity contribution in [2.45, 2.75) is 19.4 Å². The molecule has 3 aromatic rings. The highest BCUT2D eigenvalue weighted by atomic mass is 35.5. The number of Topliss-reactive ketones (excluding diaryl/α,β-unsaturated/α-hetero) is 1. The molecule has 1 aliphatic heterocycles. The van der Waals surface area contributed by atoms with Crippen LogP contribution in [0.2, 0.25) is 10.0 Å². The van der Waals surface area contributed by atoms with Crippen molar-refractivity contribution in [2.24, 2.45) is 5.92 Å². The fourth-order valence-corrected chi connectivity index (χ4v) is 4.49. The molecular formula is C28H26Cl2N2O3. The van der Waals surface area contributed by atoms with Gasteiger partial charge in [-0.2, -0.15) is 0 Å². The fourth-order valence-electron chi connectivity index (χ4n) is 4.24. The third-order valence-corrected chi connectivity index (χ3v) is 6.65. The van der Waals surface area contributed by atoms with Gasteiger partial charge in [0, 0.05) is 42.6 Å². The lowest BCUT2D eigenvalue weighted by Gasteiger charge is -2.22. The van der Waals surface area contributed by atoms with Gasteiger partial charge in [0.05, 0.1) is 6.42 Å². The van der Waals surface area contributed by atoms with E-state index in [1.54, 1.807) is 48.5 Å². The maximum atomic E-state index is 13.5. The lowest BCUT2D eigenvalue weighted by atomic mass is 9.95. The first-order chi connectivity index (χ1) is 16.9. The van der Waals surface area contributed by atoms with E-state index in [0.717, 1.165) is 16.7 Å². The summed E-state index contributed by atoms with van der Waals surface area (Å²) in [6, 6.07) is 23.9. The van der Waals surface area contributed by atoms with Crippen molar-refractivity contribution in [1.82, 2.24) is 9.80 Å². The van der Waals surface area contributed by atoms with Gasteiger partial charge in [-0.3, -0.25) is 24.2 Å². The van der Waals surface area contributed by atoms with Crippen LogP contribution in [0.3, 0.4) is 0 Å². The van der Waals surface area contributed by atoms with Gasteiger partial charge >= 0.3 is 0 Å². The molecule has 1 aliphatic rings. The van der Waals surface area contributed by atoms with Gasteiger partial charge in [-0.25, -0.2) is 0 Å². The summed E-state index contributed by atoms with van der Waals surface area (Å²) in [6.45, 7) is 1.60. The number of hydrogen-bond acceptors (Lipinski definition) is 4. The molecule has 2 amide bonds. The number of imide groups is 1. The zero-order valence-corrected chi connectivity index (χ0v) is 20.7. The second-order valence-electron chi connectivity index (χ2n) is 8.73. The molecule has 0 saturated carbocycles. The van der Waals surface area contributed by atoms with E-state index >= 15 is 0 Å². The standard InChI is InChI=1S/C28H26Cl2N2O3/c29-23-10-6-20(7-11-23)16-26(33)25-19-31(18-22-4-2-1-3-5-22)14-15-32(28(25)35)27(34)17-21-8-12-24(30)13-9-21/h1-13,25H,14-19H2/t25-/m0/s1. The fraction of sp³-hybridized carbons (Fsp3) is 0.250. The molecule has 0 bridgehead atoms. The third-order valence-electron chi connectivity index (χ3n) is 6.14. The van der Waals surface area contributed by atoms with Crippen molar-refractivity contribution in [1.29, 1.82) is 0 Å². The van der Waals surface area contributed by atoms with E-state index in [2.05, 4.69) is 4.90 Å². The summed E-state index contributed by atoms with van der Waals surface area (Å²) in [5.41, 5.74) is 2.64. The monoisotopic (exact) mass is 508 g/mol. The van der Waals surface area contributed by atoms with Crippen LogP contribution < -0.4 is 0 Å². The third kappa shape index (κ3) is 6.79. The Morgan fingerprint density at radius 3 is 1.91 bits per heavy atom. The molecule has 0 spiro atoms. The van der Waals surface area contributed by atoms with Gasteiger partial charge in [0.1, 0.15) is 5.92 Å². The highest BCUT2D eigenvalue weighted by molar-refractivity contribution is 6.30. The Hall–Kier alpha value is -2.99. The van der Waals surface area contributed by atoms with Gasteiger partial charge < -0.3 is 0 Å². The number of nitrogens with zero attached hydrogens (tertiary/aromatic N) is 2. The van der Waals surface area contributed by atoms with E-state index in [-0.39, 0.29) is 37.6 Å². The first-order valence-electron chi connectivity index (χ1n) is 11.5. The topological polar surface area (TPSA) is 57.7 Å². The molecule has 1 heterocycles. The van der Waals surface area contributed by atoms with Crippen LogP contribution in [-0.2, 0) is 33.8 Å². The SMILES string of the molecule is O=C(Cc1ccc(Cl)cc1)[C@@H]1CN(Cc2ccccc2)CCN(C(=O)Cc2ccc(Cl)cc2)C1=O. The number of halogens is 2. The number of hydrogen-bond donors (Lipinski definition) is 0. The zero-order chi connectivity index (χ0) is 24.8. The summed E-state index contributed by atoms with van der Waals surface area (Å²) in [5.74, 6) is -1.88. The molecule has 0 radical (unpaired) electrons.